The van der Waals surface area contributed by atoms with E-state index >= 15 is 0 Å². The zero-order valence-electron chi connectivity index (χ0n) is 17.9. The third-order valence-electron chi connectivity index (χ3n) is 5.45. The fraction of sp³-hybridized carbons (Fsp3) is 0.435. The molecule has 3 atom stereocenters. The molecule has 1 aromatic heterocycles. The van der Waals surface area contributed by atoms with Crippen LogP contribution in [0.3, 0.4) is 0 Å². The van der Waals surface area contributed by atoms with Gasteiger partial charge in [-0.2, -0.15) is 0 Å². The highest BCUT2D eigenvalue weighted by atomic mass is 31.2. The quantitative estimate of drug-likeness (QED) is 0.428. The number of hydrogen-bond acceptors (Lipinski definition) is 6. The highest BCUT2D eigenvalue weighted by molar-refractivity contribution is 7.54. The molecular formula is C23H30NO6P. The number of aromatic nitrogens is 1. The maximum atomic E-state index is 12.8. The van der Waals surface area contributed by atoms with Crippen LogP contribution in [0.1, 0.15) is 43.9 Å². The topological polar surface area (TPSA) is 98.1 Å². The van der Waals surface area contributed by atoms with E-state index in [1.807, 2.05) is 0 Å². The molecule has 1 aliphatic heterocycles. The van der Waals surface area contributed by atoms with Crippen LogP contribution in [0.2, 0.25) is 0 Å². The summed E-state index contributed by atoms with van der Waals surface area (Å²) in [6.45, 7) is 8.43. The van der Waals surface area contributed by atoms with E-state index in [0.717, 1.165) is 12.8 Å². The van der Waals surface area contributed by atoms with E-state index < -0.39 is 19.0 Å². The van der Waals surface area contributed by atoms with Crippen molar-refractivity contribution in [2.75, 3.05) is 13.2 Å². The minimum atomic E-state index is -4.36. The fourth-order valence-corrected chi connectivity index (χ4v) is 4.60. The molecule has 0 aliphatic carbocycles. The van der Waals surface area contributed by atoms with Crippen molar-refractivity contribution in [3.63, 3.8) is 0 Å². The van der Waals surface area contributed by atoms with E-state index in [-0.39, 0.29) is 12.3 Å². The van der Waals surface area contributed by atoms with Gasteiger partial charge < -0.3 is 19.5 Å². The molecule has 0 bridgehead atoms. The first kappa shape index (κ1) is 23.6. The Kier molecular flexibility index (Phi) is 7.68. The molecule has 0 amide bonds. The van der Waals surface area contributed by atoms with Crippen LogP contribution in [0.5, 0.6) is 5.75 Å². The number of nitrogens with zero attached hydrogens (tertiary/aromatic N) is 1. The zero-order valence-corrected chi connectivity index (χ0v) is 18.8. The van der Waals surface area contributed by atoms with Gasteiger partial charge in [-0.25, -0.2) is 0 Å². The van der Waals surface area contributed by atoms with Crippen LogP contribution < -0.4 is 4.74 Å². The van der Waals surface area contributed by atoms with Crippen molar-refractivity contribution in [3.8, 4) is 5.75 Å². The van der Waals surface area contributed by atoms with E-state index in [1.165, 1.54) is 6.92 Å². The Bertz CT molecular complexity index is 909. The number of benzene rings is 1. The highest BCUT2D eigenvalue weighted by Crippen LogP contribution is 2.57. The molecule has 1 aromatic carbocycles. The van der Waals surface area contributed by atoms with Gasteiger partial charge in [0.25, 0.3) is 0 Å². The lowest BCUT2D eigenvalue weighted by Crippen LogP contribution is -2.28. The van der Waals surface area contributed by atoms with E-state index in [0.29, 0.717) is 35.8 Å². The molecule has 0 saturated carbocycles. The number of hydrogen-bond donors (Lipinski definition) is 2. The molecule has 3 rings (SSSR count). The molecule has 1 aliphatic rings. The predicted octanol–water partition coefficient (Wildman–Crippen LogP) is 4.61. The van der Waals surface area contributed by atoms with E-state index in [4.69, 9.17) is 14.0 Å². The Balaban J connectivity index is 1.60. The number of rotatable bonds is 9. The second kappa shape index (κ2) is 10.1. The van der Waals surface area contributed by atoms with Crippen molar-refractivity contribution >= 4 is 7.60 Å². The number of allylic oxidation sites excluding steroid dienone is 1. The summed E-state index contributed by atoms with van der Waals surface area (Å²) in [6.07, 6.45) is 4.18. The molecule has 3 unspecified atom stereocenters. The minimum absolute atomic E-state index is 0.0531. The Hall–Kier alpha value is -2.02. The van der Waals surface area contributed by atoms with Crippen LogP contribution in [0.25, 0.3) is 0 Å². The summed E-state index contributed by atoms with van der Waals surface area (Å²) in [6, 6.07) is 10.5. The second-order valence-corrected chi connectivity index (χ2v) is 10.3. The zero-order chi connectivity index (χ0) is 22.5. The van der Waals surface area contributed by atoms with Gasteiger partial charge in [0.05, 0.1) is 6.10 Å². The van der Waals surface area contributed by atoms with Crippen LogP contribution in [0.15, 0.2) is 61.1 Å². The lowest BCUT2D eigenvalue weighted by atomic mass is 9.99. The van der Waals surface area contributed by atoms with Crippen LogP contribution in [-0.2, 0) is 20.2 Å². The Morgan fingerprint density at radius 2 is 2.00 bits per heavy atom. The van der Waals surface area contributed by atoms with Crippen molar-refractivity contribution in [1.82, 2.24) is 4.98 Å². The predicted molar refractivity (Wildman–Crippen MR) is 118 cm³/mol. The van der Waals surface area contributed by atoms with Crippen LogP contribution in [-0.4, -0.2) is 33.5 Å². The average Bonchev–Trinajstić information content (AvgIpc) is 2.75. The van der Waals surface area contributed by atoms with Crippen molar-refractivity contribution in [2.24, 2.45) is 5.92 Å². The van der Waals surface area contributed by atoms with Gasteiger partial charge in [-0.3, -0.25) is 14.1 Å². The average molecular weight is 447 g/mol. The lowest BCUT2D eigenvalue weighted by molar-refractivity contribution is 0.0663. The standard InChI is InChI=1S/C23H30NO6P/c1-17(21-10-13-28-14-11-21)29-22-8-6-20(7-9-22)18(2)30-31(26,27)23(3,25)15-19-5-4-12-24-16-19/h4-9,12,16,18,21,25H,1,10-11,13-15H2,2-3H3,(H,26,27). The molecule has 2 N–H and O–H groups in total. The van der Waals surface area contributed by atoms with Crippen molar-refractivity contribution in [3.05, 3.63) is 72.3 Å². The second-order valence-electron chi connectivity index (χ2n) is 8.05. The van der Waals surface area contributed by atoms with Crippen LogP contribution in [0, 0.1) is 5.92 Å². The third-order valence-corrected chi connectivity index (χ3v) is 7.42. The van der Waals surface area contributed by atoms with Crippen molar-refractivity contribution < 1.29 is 28.6 Å². The first-order valence-electron chi connectivity index (χ1n) is 10.3. The third kappa shape index (κ3) is 6.25. The fourth-order valence-electron chi connectivity index (χ4n) is 3.44. The highest BCUT2D eigenvalue weighted by Gasteiger charge is 2.44. The molecule has 7 nitrogen and oxygen atoms in total. The molecule has 8 heteroatoms. The summed E-state index contributed by atoms with van der Waals surface area (Å²) < 4.78 is 29.5. The van der Waals surface area contributed by atoms with Gasteiger partial charge in [0.15, 0.2) is 5.34 Å². The van der Waals surface area contributed by atoms with E-state index in [2.05, 4.69) is 11.6 Å². The van der Waals surface area contributed by atoms with E-state index in [9.17, 15) is 14.6 Å². The Labute approximate surface area is 183 Å². The molecule has 31 heavy (non-hydrogen) atoms. The molecule has 1 saturated heterocycles. The largest absolute Gasteiger partial charge is 0.462 e. The molecule has 0 radical (unpaired) electrons. The van der Waals surface area contributed by atoms with Gasteiger partial charge in [-0.1, -0.05) is 24.8 Å². The summed E-state index contributed by atoms with van der Waals surface area (Å²) in [7, 11) is -4.36. The lowest BCUT2D eigenvalue weighted by Gasteiger charge is -2.30. The molecule has 168 valence electrons. The number of aliphatic hydroxyl groups is 1. The first-order valence-corrected chi connectivity index (χ1v) is 11.9. The van der Waals surface area contributed by atoms with Gasteiger partial charge >= 0.3 is 7.60 Å². The van der Waals surface area contributed by atoms with Crippen molar-refractivity contribution in [2.45, 2.75) is 44.6 Å². The van der Waals surface area contributed by atoms with Crippen LogP contribution in [0.4, 0.5) is 0 Å². The summed E-state index contributed by atoms with van der Waals surface area (Å²) in [5.41, 5.74) is 1.33. The summed E-state index contributed by atoms with van der Waals surface area (Å²) in [5, 5.41) is 8.70. The molecule has 2 aromatic rings. The summed E-state index contributed by atoms with van der Waals surface area (Å²) >= 11 is 0. The molecule has 1 fully saturated rings. The molecule has 2 heterocycles. The van der Waals surface area contributed by atoms with Gasteiger partial charge in [-0.15, -0.1) is 0 Å². The smallest absolute Gasteiger partial charge is 0.359 e. The number of ether oxygens (including phenoxy) is 2. The van der Waals surface area contributed by atoms with Gasteiger partial charge in [-0.05, 0) is 56.0 Å². The van der Waals surface area contributed by atoms with Crippen LogP contribution >= 0.6 is 7.60 Å². The minimum Gasteiger partial charge on any atom is -0.462 e. The maximum Gasteiger partial charge on any atom is 0.359 e. The Morgan fingerprint density at radius 1 is 1.32 bits per heavy atom. The monoisotopic (exact) mass is 447 g/mol. The SMILES string of the molecule is C=C(Oc1ccc(C(C)OP(=O)(O)C(C)(O)Cc2cccnc2)cc1)C1CCOCC1. The molecule has 0 spiro atoms. The first-order chi connectivity index (χ1) is 14.7. The van der Waals surface area contributed by atoms with Gasteiger partial charge in [0, 0.05) is 37.9 Å². The summed E-state index contributed by atoms with van der Waals surface area (Å²) in [4.78, 5) is 14.4. The molecular weight excluding hydrogens is 417 g/mol. The number of pyridine rings is 1. The van der Waals surface area contributed by atoms with Gasteiger partial charge in [0.2, 0.25) is 0 Å². The van der Waals surface area contributed by atoms with E-state index in [1.54, 1.807) is 55.7 Å². The summed E-state index contributed by atoms with van der Waals surface area (Å²) in [5.74, 6) is 1.63. The van der Waals surface area contributed by atoms with Gasteiger partial charge in [0.1, 0.15) is 11.5 Å². The van der Waals surface area contributed by atoms with Crippen molar-refractivity contribution in [1.29, 1.82) is 0 Å². The maximum absolute atomic E-state index is 12.8. The Morgan fingerprint density at radius 3 is 2.61 bits per heavy atom. The normalized spacial score (nSPS) is 19.7.